The summed E-state index contributed by atoms with van der Waals surface area (Å²) in [6.07, 6.45) is 6.97. The Morgan fingerprint density at radius 3 is 2.32 bits per heavy atom. The monoisotopic (exact) mass is 291 g/mol. The quantitative estimate of drug-likeness (QED) is 0.686. The molecule has 0 spiro atoms. The molecule has 0 amide bonds. The molecule has 0 heterocycles. The van der Waals surface area contributed by atoms with E-state index in [1.807, 2.05) is 7.05 Å². The third-order valence-corrected chi connectivity index (χ3v) is 5.83. The van der Waals surface area contributed by atoms with E-state index in [2.05, 4.69) is 5.32 Å². The molecule has 0 atom stereocenters. The third kappa shape index (κ3) is 5.38. The zero-order chi connectivity index (χ0) is 14.3. The molecule has 1 aliphatic rings. The molecule has 0 aliphatic heterocycles. The van der Waals surface area contributed by atoms with Crippen molar-refractivity contribution in [1.82, 2.24) is 13.9 Å². The second kappa shape index (κ2) is 8.19. The Morgan fingerprint density at radius 1 is 1.11 bits per heavy atom. The Hall–Kier alpha value is -0.170. The van der Waals surface area contributed by atoms with Gasteiger partial charge in [-0.2, -0.15) is 17.0 Å². The minimum absolute atomic E-state index is 0.541. The summed E-state index contributed by atoms with van der Waals surface area (Å²) >= 11 is 0. The molecule has 1 fully saturated rings. The van der Waals surface area contributed by atoms with Crippen LogP contribution in [0.25, 0.3) is 0 Å². The van der Waals surface area contributed by atoms with Gasteiger partial charge in [0.15, 0.2) is 0 Å². The minimum Gasteiger partial charge on any atom is -0.320 e. The average Bonchev–Trinajstić information content (AvgIpc) is 2.40. The van der Waals surface area contributed by atoms with Gasteiger partial charge in [-0.05, 0) is 38.8 Å². The van der Waals surface area contributed by atoms with E-state index < -0.39 is 10.2 Å². The van der Waals surface area contributed by atoms with Crippen LogP contribution in [0, 0.1) is 5.92 Å². The summed E-state index contributed by atoms with van der Waals surface area (Å²) in [5.74, 6) is 0.541. The lowest BCUT2D eigenvalue weighted by atomic mass is 9.89. The van der Waals surface area contributed by atoms with Crippen LogP contribution in [-0.4, -0.2) is 57.8 Å². The zero-order valence-corrected chi connectivity index (χ0v) is 13.4. The van der Waals surface area contributed by atoms with Crippen molar-refractivity contribution in [3.05, 3.63) is 0 Å². The molecule has 0 aromatic heterocycles. The fraction of sp³-hybridized carbons (Fsp3) is 1.00. The maximum Gasteiger partial charge on any atom is 0.281 e. The van der Waals surface area contributed by atoms with Gasteiger partial charge in [-0.3, -0.25) is 0 Å². The van der Waals surface area contributed by atoms with Crippen molar-refractivity contribution in [2.45, 2.75) is 38.5 Å². The first-order valence-electron chi connectivity index (χ1n) is 7.30. The van der Waals surface area contributed by atoms with Crippen LogP contribution in [-0.2, 0) is 10.2 Å². The maximum absolute atomic E-state index is 12.3. The van der Waals surface area contributed by atoms with Gasteiger partial charge in [0, 0.05) is 27.2 Å². The minimum atomic E-state index is -3.28. The average molecular weight is 291 g/mol. The summed E-state index contributed by atoms with van der Waals surface area (Å²) in [6, 6.07) is 0. The molecular weight excluding hydrogens is 262 g/mol. The van der Waals surface area contributed by atoms with Crippen LogP contribution >= 0.6 is 0 Å². The second-order valence-corrected chi connectivity index (χ2v) is 7.71. The highest BCUT2D eigenvalue weighted by atomic mass is 32.2. The first-order valence-corrected chi connectivity index (χ1v) is 8.70. The molecule has 5 nitrogen and oxygen atoms in total. The zero-order valence-electron chi connectivity index (χ0n) is 12.6. The number of nitrogens with zero attached hydrogens (tertiary/aromatic N) is 2. The van der Waals surface area contributed by atoms with Gasteiger partial charge < -0.3 is 5.32 Å². The highest BCUT2D eigenvalue weighted by Gasteiger charge is 2.26. The summed E-state index contributed by atoms with van der Waals surface area (Å²) < 4.78 is 27.7. The third-order valence-electron chi connectivity index (χ3n) is 3.93. The first kappa shape index (κ1) is 16.9. The van der Waals surface area contributed by atoms with Crippen molar-refractivity contribution in [3.8, 4) is 0 Å². The lowest BCUT2D eigenvalue weighted by Crippen LogP contribution is -2.42. The molecule has 0 aromatic rings. The predicted molar refractivity (Wildman–Crippen MR) is 79.3 cm³/mol. The fourth-order valence-electron chi connectivity index (χ4n) is 2.66. The lowest BCUT2D eigenvalue weighted by molar-refractivity contribution is 0.288. The number of rotatable bonds is 8. The molecule has 0 bridgehead atoms. The van der Waals surface area contributed by atoms with E-state index in [0.29, 0.717) is 19.0 Å². The van der Waals surface area contributed by atoms with Gasteiger partial charge in [-0.25, -0.2) is 0 Å². The van der Waals surface area contributed by atoms with Gasteiger partial charge in [0.1, 0.15) is 0 Å². The molecule has 1 aliphatic carbocycles. The van der Waals surface area contributed by atoms with Crippen LogP contribution in [0.3, 0.4) is 0 Å². The summed E-state index contributed by atoms with van der Waals surface area (Å²) in [5.41, 5.74) is 0. The molecule has 0 saturated heterocycles. The van der Waals surface area contributed by atoms with Crippen molar-refractivity contribution in [2.75, 3.05) is 40.8 Å². The lowest BCUT2D eigenvalue weighted by Gasteiger charge is -2.29. The molecule has 1 N–H and O–H groups in total. The number of nitrogens with one attached hydrogen (secondary N) is 1. The van der Waals surface area contributed by atoms with Gasteiger partial charge in [-0.1, -0.05) is 19.3 Å². The van der Waals surface area contributed by atoms with Crippen molar-refractivity contribution >= 4 is 10.2 Å². The highest BCUT2D eigenvalue weighted by Crippen LogP contribution is 2.25. The number of hydrogen-bond donors (Lipinski definition) is 1. The first-order chi connectivity index (χ1) is 8.98. The SMILES string of the molecule is CNCCCN(C)S(=O)(=O)N(C)CC1CCCCC1. The van der Waals surface area contributed by atoms with Crippen LogP contribution in [0.4, 0.5) is 0 Å². The van der Waals surface area contributed by atoms with Gasteiger partial charge in [0.25, 0.3) is 10.2 Å². The van der Waals surface area contributed by atoms with E-state index in [0.717, 1.165) is 13.0 Å². The van der Waals surface area contributed by atoms with Crippen LogP contribution in [0.15, 0.2) is 0 Å². The van der Waals surface area contributed by atoms with Crippen molar-refractivity contribution in [1.29, 1.82) is 0 Å². The molecule has 19 heavy (non-hydrogen) atoms. The van der Waals surface area contributed by atoms with E-state index in [4.69, 9.17) is 0 Å². The Morgan fingerprint density at radius 2 is 1.74 bits per heavy atom. The molecule has 6 heteroatoms. The predicted octanol–water partition coefficient (Wildman–Crippen LogP) is 1.28. The molecule has 0 aromatic carbocycles. The summed E-state index contributed by atoms with van der Waals surface area (Å²) in [5, 5.41) is 3.03. The second-order valence-electron chi connectivity index (χ2n) is 5.57. The largest absolute Gasteiger partial charge is 0.320 e. The maximum atomic E-state index is 12.3. The van der Waals surface area contributed by atoms with E-state index >= 15 is 0 Å². The Kier molecular flexibility index (Phi) is 7.28. The van der Waals surface area contributed by atoms with E-state index in [9.17, 15) is 8.42 Å². The van der Waals surface area contributed by atoms with Gasteiger partial charge in [-0.15, -0.1) is 0 Å². The molecule has 0 radical (unpaired) electrons. The van der Waals surface area contributed by atoms with Crippen LogP contribution in [0.5, 0.6) is 0 Å². The smallest absolute Gasteiger partial charge is 0.281 e. The van der Waals surface area contributed by atoms with E-state index in [1.165, 1.54) is 40.7 Å². The van der Waals surface area contributed by atoms with Crippen molar-refractivity contribution < 1.29 is 8.42 Å². The highest BCUT2D eigenvalue weighted by molar-refractivity contribution is 7.86. The molecule has 0 unspecified atom stereocenters. The van der Waals surface area contributed by atoms with Crippen molar-refractivity contribution in [3.63, 3.8) is 0 Å². The van der Waals surface area contributed by atoms with E-state index in [1.54, 1.807) is 14.1 Å². The summed E-state index contributed by atoms with van der Waals surface area (Å²) in [7, 11) is 1.97. The Labute approximate surface area is 118 Å². The van der Waals surface area contributed by atoms with Crippen LogP contribution in [0.1, 0.15) is 38.5 Å². The summed E-state index contributed by atoms with van der Waals surface area (Å²) in [6.45, 7) is 2.07. The van der Waals surface area contributed by atoms with Gasteiger partial charge >= 0.3 is 0 Å². The Balaban J connectivity index is 2.45. The topological polar surface area (TPSA) is 52.7 Å². The normalized spacial score (nSPS) is 18.4. The standard InChI is InChI=1S/C13H29N3O2S/c1-14-10-7-11-15(2)19(17,18)16(3)12-13-8-5-4-6-9-13/h13-14H,4-12H2,1-3H3. The molecule has 1 saturated carbocycles. The van der Waals surface area contributed by atoms with Gasteiger partial charge in [0.2, 0.25) is 0 Å². The fourth-order valence-corrected chi connectivity index (χ4v) is 3.89. The van der Waals surface area contributed by atoms with E-state index in [-0.39, 0.29) is 0 Å². The molecule has 114 valence electrons. The Bertz CT molecular complexity index is 340. The van der Waals surface area contributed by atoms with Gasteiger partial charge in [0.05, 0.1) is 0 Å². The van der Waals surface area contributed by atoms with Crippen LogP contribution in [0.2, 0.25) is 0 Å². The molecule has 1 rings (SSSR count). The number of hydrogen-bond acceptors (Lipinski definition) is 3. The summed E-state index contributed by atoms with van der Waals surface area (Å²) in [4.78, 5) is 0. The van der Waals surface area contributed by atoms with Crippen molar-refractivity contribution in [2.24, 2.45) is 5.92 Å². The van der Waals surface area contributed by atoms with Crippen LogP contribution < -0.4 is 5.32 Å². The molecular formula is C13H29N3O2S.